The van der Waals surface area contributed by atoms with Gasteiger partial charge in [-0.05, 0) is 25.1 Å². The Kier molecular flexibility index (Phi) is 4.77. The summed E-state index contributed by atoms with van der Waals surface area (Å²) in [6.45, 7) is 3.10. The Hall–Kier alpha value is -1.42. The number of hydrogen-bond acceptors (Lipinski definition) is 3. The summed E-state index contributed by atoms with van der Waals surface area (Å²) >= 11 is 0. The van der Waals surface area contributed by atoms with Crippen LogP contribution >= 0.6 is 0 Å². The number of nitrogens with one attached hydrogen (secondary N) is 1. The SMILES string of the molecule is CC(CCNCc1ccccn1)C(=O)O. The Morgan fingerprint density at radius 2 is 2.40 bits per heavy atom. The third-order valence-corrected chi connectivity index (χ3v) is 2.21. The van der Waals surface area contributed by atoms with E-state index < -0.39 is 5.97 Å². The van der Waals surface area contributed by atoms with Gasteiger partial charge in [-0.3, -0.25) is 9.78 Å². The van der Waals surface area contributed by atoms with E-state index in [0.717, 1.165) is 5.69 Å². The molecule has 0 aliphatic heterocycles. The number of carbonyl (C=O) groups is 1. The zero-order chi connectivity index (χ0) is 11.1. The van der Waals surface area contributed by atoms with Crippen LogP contribution in [0.3, 0.4) is 0 Å². The van der Waals surface area contributed by atoms with E-state index in [0.29, 0.717) is 19.5 Å². The van der Waals surface area contributed by atoms with Gasteiger partial charge in [0.15, 0.2) is 0 Å². The van der Waals surface area contributed by atoms with Crippen LogP contribution in [0.2, 0.25) is 0 Å². The molecule has 0 bridgehead atoms. The largest absolute Gasteiger partial charge is 0.481 e. The van der Waals surface area contributed by atoms with Gasteiger partial charge in [-0.15, -0.1) is 0 Å². The normalized spacial score (nSPS) is 12.3. The van der Waals surface area contributed by atoms with Gasteiger partial charge in [0.2, 0.25) is 0 Å². The van der Waals surface area contributed by atoms with Crippen molar-refractivity contribution in [2.24, 2.45) is 5.92 Å². The molecular weight excluding hydrogens is 192 g/mol. The van der Waals surface area contributed by atoms with E-state index in [9.17, 15) is 4.79 Å². The number of hydrogen-bond donors (Lipinski definition) is 2. The van der Waals surface area contributed by atoms with Gasteiger partial charge >= 0.3 is 5.97 Å². The van der Waals surface area contributed by atoms with Crippen molar-refractivity contribution in [1.82, 2.24) is 10.3 Å². The maximum absolute atomic E-state index is 10.5. The van der Waals surface area contributed by atoms with Crippen LogP contribution in [0.4, 0.5) is 0 Å². The maximum atomic E-state index is 10.5. The van der Waals surface area contributed by atoms with E-state index in [4.69, 9.17) is 5.11 Å². The molecule has 1 aromatic heterocycles. The van der Waals surface area contributed by atoms with Crippen LogP contribution in [-0.4, -0.2) is 22.6 Å². The van der Waals surface area contributed by atoms with Crippen molar-refractivity contribution >= 4 is 5.97 Å². The fraction of sp³-hybridized carbons (Fsp3) is 0.455. The number of rotatable bonds is 6. The van der Waals surface area contributed by atoms with E-state index in [-0.39, 0.29) is 5.92 Å². The molecule has 2 N–H and O–H groups in total. The molecule has 1 rings (SSSR count). The van der Waals surface area contributed by atoms with Gasteiger partial charge in [0.25, 0.3) is 0 Å². The van der Waals surface area contributed by atoms with Crippen LogP contribution in [-0.2, 0) is 11.3 Å². The highest BCUT2D eigenvalue weighted by Gasteiger charge is 2.09. The lowest BCUT2D eigenvalue weighted by atomic mass is 10.1. The molecule has 0 radical (unpaired) electrons. The van der Waals surface area contributed by atoms with E-state index >= 15 is 0 Å². The molecule has 1 aromatic rings. The highest BCUT2D eigenvalue weighted by Crippen LogP contribution is 2.00. The van der Waals surface area contributed by atoms with Crippen molar-refractivity contribution in [3.8, 4) is 0 Å². The lowest BCUT2D eigenvalue weighted by Crippen LogP contribution is -2.20. The maximum Gasteiger partial charge on any atom is 0.306 e. The molecule has 4 heteroatoms. The molecule has 0 aliphatic rings. The molecule has 1 atom stereocenters. The van der Waals surface area contributed by atoms with Crippen LogP contribution in [0, 0.1) is 5.92 Å². The second-order valence-corrected chi connectivity index (χ2v) is 3.53. The quantitative estimate of drug-likeness (QED) is 0.691. The summed E-state index contributed by atoms with van der Waals surface area (Å²) in [5.41, 5.74) is 0.973. The molecule has 1 unspecified atom stereocenters. The van der Waals surface area contributed by atoms with Crippen LogP contribution in [0.25, 0.3) is 0 Å². The zero-order valence-corrected chi connectivity index (χ0v) is 8.81. The molecule has 0 amide bonds. The van der Waals surface area contributed by atoms with Gasteiger partial charge in [0, 0.05) is 12.7 Å². The summed E-state index contributed by atoms with van der Waals surface area (Å²) in [7, 11) is 0. The number of carboxylic acid groups (broad SMARTS) is 1. The molecule has 0 fully saturated rings. The van der Waals surface area contributed by atoms with Crippen LogP contribution in [0.15, 0.2) is 24.4 Å². The lowest BCUT2D eigenvalue weighted by Gasteiger charge is -2.06. The van der Waals surface area contributed by atoms with Gasteiger partial charge < -0.3 is 10.4 Å². The average Bonchev–Trinajstić information content (AvgIpc) is 2.25. The molecule has 4 nitrogen and oxygen atoms in total. The van der Waals surface area contributed by atoms with Crippen molar-refractivity contribution in [2.45, 2.75) is 19.9 Å². The third kappa shape index (κ3) is 4.56. The molecule has 0 spiro atoms. The first-order valence-electron chi connectivity index (χ1n) is 5.03. The van der Waals surface area contributed by atoms with Crippen LogP contribution < -0.4 is 5.32 Å². The van der Waals surface area contributed by atoms with Gasteiger partial charge in [-0.1, -0.05) is 13.0 Å². The fourth-order valence-corrected chi connectivity index (χ4v) is 1.16. The van der Waals surface area contributed by atoms with E-state index in [1.54, 1.807) is 13.1 Å². The second-order valence-electron chi connectivity index (χ2n) is 3.53. The molecule has 1 heterocycles. The highest BCUT2D eigenvalue weighted by molar-refractivity contribution is 5.69. The minimum Gasteiger partial charge on any atom is -0.481 e. The number of nitrogens with zero attached hydrogens (tertiary/aromatic N) is 1. The summed E-state index contributed by atoms with van der Waals surface area (Å²) in [4.78, 5) is 14.7. The molecule has 0 saturated carbocycles. The lowest BCUT2D eigenvalue weighted by molar-refractivity contribution is -0.141. The van der Waals surface area contributed by atoms with E-state index in [1.165, 1.54) is 0 Å². The van der Waals surface area contributed by atoms with Gasteiger partial charge in [0.1, 0.15) is 0 Å². The minimum atomic E-state index is -0.741. The van der Waals surface area contributed by atoms with Crippen molar-refractivity contribution in [2.75, 3.05) is 6.54 Å². The summed E-state index contributed by atoms with van der Waals surface area (Å²) in [6.07, 6.45) is 2.39. The summed E-state index contributed by atoms with van der Waals surface area (Å²) in [5.74, 6) is -1.03. The minimum absolute atomic E-state index is 0.291. The molecule has 82 valence electrons. The predicted octanol–water partition coefficient (Wildman–Crippen LogP) is 1.28. The fourth-order valence-electron chi connectivity index (χ4n) is 1.16. The third-order valence-electron chi connectivity index (χ3n) is 2.21. The second kappa shape index (κ2) is 6.14. The Morgan fingerprint density at radius 1 is 1.60 bits per heavy atom. The van der Waals surface area contributed by atoms with Gasteiger partial charge in [-0.2, -0.15) is 0 Å². The van der Waals surface area contributed by atoms with Crippen molar-refractivity contribution in [3.05, 3.63) is 30.1 Å². The zero-order valence-electron chi connectivity index (χ0n) is 8.81. The average molecular weight is 208 g/mol. The summed E-state index contributed by atoms with van der Waals surface area (Å²) in [5, 5.41) is 11.8. The number of aromatic nitrogens is 1. The molecule has 15 heavy (non-hydrogen) atoms. The molecule has 0 aliphatic carbocycles. The van der Waals surface area contributed by atoms with E-state index in [1.807, 2.05) is 18.2 Å². The van der Waals surface area contributed by atoms with E-state index in [2.05, 4.69) is 10.3 Å². The summed E-state index contributed by atoms with van der Waals surface area (Å²) < 4.78 is 0. The predicted molar refractivity (Wildman–Crippen MR) is 57.4 cm³/mol. The van der Waals surface area contributed by atoms with Crippen molar-refractivity contribution < 1.29 is 9.90 Å². The number of pyridine rings is 1. The first-order chi connectivity index (χ1) is 7.20. The smallest absolute Gasteiger partial charge is 0.306 e. The summed E-state index contributed by atoms with van der Waals surface area (Å²) in [6, 6.07) is 5.74. The molecule has 0 saturated heterocycles. The van der Waals surface area contributed by atoms with Crippen LogP contribution in [0.5, 0.6) is 0 Å². The first-order valence-corrected chi connectivity index (χ1v) is 5.03. The highest BCUT2D eigenvalue weighted by atomic mass is 16.4. The number of carboxylic acids is 1. The number of aliphatic carboxylic acids is 1. The Balaban J connectivity index is 2.15. The van der Waals surface area contributed by atoms with Gasteiger partial charge in [-0.25, -0.2) is 0 Å². The molecule has 0 aromatic carbocycles. The first kappa shape index (κ1) is 11.7. The molecular formula is C11H16N2O2. The monoisotopic (exact) mass is 208 g/mol. The Bertz CT molecular complexity index is 301. The standard InChI is InChI=1S/C11H16N2O2/c1-9(11(14)15)5-7-12-8-10-4-2-3-6-13-10/h2-4,6,9,12H,5,7-8H2,1H3,(H,14,15). The van der Waals surface area contributed by atoms with Crippen molar-refractivity contribution in [1.29, 1.82) is 0 Å². The Morgan fingerprint density at radius 3 is 3.00 bits per heavy atom. The van der Waals surface area contributed by atoms with Crippen LogP contribution in [0.1, 0.15) is 19.0 Å². The van der Waals surface area contributed by atoms with Gasteiger partial charge in [0.05, 0.1) is 11.6 Å². The Labute approximate surface area is 89.3 Å². The topological polar surface area (TPSA) is 62.2 Å². The van der Waals surface area contributed by atoms with Crippen molar-refractivity contribution in [3.63, 3.8) is 0 Å².